The van der Waals surface area contributed by atoms with Crippen molar-refractivity contribution in [2.75, 3.05) is 0 Å². The molecule has 0 fully saturated rings. The molecular formula is C18H15ClFN3. The Morgan fingerprint density at radius 1 is 1.43 bits per heavy atom. The summed E-state index contributed by atoms with van der Waals surface area (Å²) in [5, 5.41) is 3.21. The van der Waals surface area contributed by atoms with Crippen molar-refractivity contribution in [3.8, 4) is 12.3 Å². The first-order valence-electron chi connectivity index (χ1n) is 7.21. The van der Waals surface area contributed by atoms with Gasteiger partial charge in [0.15, 0.2) is 0 Å². The average Bonchev–Trinajstić information content (AvgIpc) is 2.56. The van der Waals surface area contributed by atoms with Gasteiger partial charge in [0.25, 0.3) is 0 Å². The second-order valence-electron chi connectivity index (χ2n) is 5.24. The van der Waals surface area contributed by atoms with Crippen molar-refractivity contribution in [2.24, 2.45) is 4.99 Å². The number of nitrogens with zero attached hydrogens (tertiary/aromatic N) is 2. The van der Waals surface area contributed by atoms with Crippen LogP contribution in [0.3, 0.4) is 0 Å². The van der Waals surface area contributed by atoms with E-state index >= 15 is 0 Å². The molecule has 2 aliphatic heterocycles. The van der Waals surface area contributed by atoms with E-state index in [0.29, 0.717) is 24.0 Å². The largest absolute Gasteiger partial charge is 0.362 e. The van der Waals surface area contributed by atoms with E-state index in [4.69, 9.17) is 18.0 Å². The van der Waals surface area contributed by atoms with Crippen LogP contribution in [0.25, 0.3) is 5.70 Å². The van der Waals surface area contributed by atoms with Crippen LogP contribution >= 0.6 is 11.6 Å². The van der Waals surface area contributed by atoms with Gasteiger partial charge in [-0.25, -0.2) is 4.39 Å². The summed E-state index contributed by atoms with van der Waals surface area (Å²) in [5.41, 5.74) is 3.72. The first-order chi connectivity index (χ1) is 11.1. The van der Waals surface area contributed by atoms with Crippen LogP contribution in [0.15, 0.2) is 47.1 Å². The zero-order valence-corrected chi connectivity index (χ0v) is 13.4. The predicted molar refractivity (Wildman–Crippen MR) is 91.8 cm³/mol. The predicted octanol–water partition coefficient (Wildman–Crippen LogP) is 4.04. The van der Waals surface area contributed by atoms with Gasteiger partial charge in [-0.2, -0.15) is 0 Å². The molecule has 3 nitrogen and oxygen atoms in total. The van der Waals surface area contributed by atoms with Gasteiger partial charge in [0.05, 0.1) is 28.8 Å². The Bertz CT molecular complexity index is 812. The quantitative estimate of drug-likeness (QED) is 0.849. The Labute approximate surface area is 139 Å². The summed E-state index contributed by atoms with van der Waals surface area (Å²) in [5.74, 6) is 2.09. The van der Waals surface area contributed by atoms with Gasteiger partial charge in [-0.3, -0.25) is 4.99 Å². The third-order valence-electron chi connectivity index (χ3n) is 3.80. The smallest absolute Gasteiger partial charge is 0.145 e. The normalized spacial score (nSPS) is 15.9. The van der Waals surface area contributed by atoms with Crippen molar-refractivity contribution in [3.05, 3.63) is 64.1 Å². The molecule has 1 aromatic carbocycles. The molecule has 0 bridgehead atoms. The number of nitrogens with one attached hydrogen (secondary N) is 1. The molecule has 23 heavy (non-hydrogen) atoms. The van der Waals surface area contributed by atoms with Crippen molar-refractivity contribution in [2.45, 2.75) is 19.8 Å². The summed E-state index contributed by atoms with van der Waals surface area (Å²) >= 11 is 6.28. The first-order valence-corrected chi connectivity index (χ1v) is 7.58. The first kappa shape index (κ1) is 15.4. The van der Waals surface area contributed by atoms with Gasteiger partial charge >= 0.3 is 0 Å². The molecule has 116 valence electrons. The number of aliphatic imine (C=N–C) groups is 1. The molecule has 0 saturated carbocycles. The van der Waals surface area contributed by atoms with Gasteiger partial charge in [0.1, 0.15) is 5.82 Å². The van der Waals surface area contributed by atoms with Gasteiger partial charge in [-0.05, 0) is 18.9 Å². The van der Waals surface area contributed by atoms with Gasteiger partial charge in [-0.15, -0.1) is 12.3 Å². The van der Waals surface area contributed by atoms with E-state index in [1.807, 2.05) is 30.3 Å². The summed E-state index contributed by atoms with van der Waals surface area (Å²) in [7, 11) is 0. The Balaban J connectivity index is 2.02. The van der Waals surface area contributed by atoms with Crippen molar-refractivity contribution >= 4 is 23.5 Å². The lowest BCUT2D eigenvalue weighted by molar-refractivity contribution is 0.606. The Kier molecular flexibility index (Phi) is 4.22. The minimum Gasteiger partial charge on any atom is -0.362 e. The molecule has 1 N–H and O–H groups in total. The lowest BCUT2D eigenvalue weighted by atomic mass is 10.0. The molecule has 0 aromatic heterocycles. The highest BCUT2D eigenvalue weighted by Crippen LogP contribution is 2.35. The number of aryl methyl sites for hydroxylation is 1. The third kappa shape index (κ3) is 2.76. The monoisotopic (exact) mass is 327 g/mol. The van der Waals surface area contributed by atoms with Crippen molar-refractivity contribution < 1.29 is 4.39 Å². The molecule has 0 atom stereocenters. The van der Waals surface area contributed by atoms with Crippen LogP contribution in [-0.2, 0) is 6.42 Å². The van der Waals surface area contributed by atoms with Crippen LogP contribution in [0, 0.1) is 18.2 Å². The SMILES string of the molecule is C#CCCc1ccc(C2=CN=CC3=C(C)NC=CN23)c(Cl)c1F. The number of halogens is 2. The second kappa shape index (κ2) is 6.31. The van der Waals surface area contributed by atoms with Gasteiger partial charge in [0, 0.05) is 30.1 Å². The topological polar surface area (TPSA) is 27.6 Å². The Hall–Kier alpha value is -2.51. The summed E-state index contributed by atoms with van der Waals surface area (Å²) in [6, 6.07) is 3.54. The zero-order valence-electron chi connectivity index (χ0n) is 12.6. The van der Waals surface area contributed by atoms with Crippen LogP contribution in [0.2, 0.25) is 5.02 Å². The van der Waals surface area contributed by atoms with Crippen molar-refractivity contribution in [1.82, 2.24) is 10.2 Å². The molecule has 0 radical (unpaired) electrons. The number of terminal acetylenes is 1. The lowest BCUT2D eigenvalue weighted by Crippen LogP contribution is -2.27. The van der Waals surface area contributed by atoms with E-state index in [9.17, 15) is 4.39 Å². The maximum atomic E-state index is 14.5. The highest BCUT2D eigenvalue weighted by Gasteiger charge is 2.23. The fourth-order valence-electron chi connectivity index (χ4n) is 2.57. The van der Waals surface area contributed by atoms with Gasteiger partial charge < -0.3 is 10.2 Å². The van der Waals surface area contributed by atoms with Crippen molar-refractivity contribution in [3.63, 3.8) is 0 Å². The van der Waals surface area contributed by atoms with Crippen LogP contribution < -0.4 is 5.32 Å². The lowest BCUT2D eigenvalue weighted by Gasteiger charge is -2.31. The fraction of sp³-hybridized carbons (Fsp3) is 0.167. The number of benzene rings is 1. The fourth-order valence-corrected chi connectivity index (χ4v) is 2.85. The molecule has 0 saturated heterocycles. The molecule has 0 spiro atoms. The molecule has 0 unspecified atom stereocenters. The van der Waals surface area contributed by atoms with E-state index in [1.165, 1.54) is 0 Å². The number of fused-ring (bicyclic) bond motifs is 1. The third-order valence-corrected chi connectivity index (χ3v) is 4.17. The van der Waals surface area contributed by atoms with Crippen LogP contribution in [0.1, 0.15) is 24.5 Å². The van der Waals surface area contributed by atoms with E-state index in [1.54, 1.807) is 18.5 Å². The number of hydrogen-bond acceptors (Lipinski definition) is 3. The highest BCUT2D eigenvalue weighted by molar-refractivity contribution is 6.32. The maximum Gasteiger partial charge on any atom is 0.145 e. The van der Waals surface area contributed by atoms with Gasteiger partial charge in [-0.1, -0.05) is 23.7 Å². The summed E-state index contributed by atoms with van der Waals surface area (Å²) < 4.78 is 14.5. The summed E-state index contributed by atoms with van der Waals surface area (Å²) in [6.07, 6.45) is 13.3. The summed E-state index contributed by atoms with van der Waals surface area (Å²) in [6.45, 7) is 1.95. The van der Waals surface area contributed by atoms with Crippen molar-refractivity contribution in [1.29, 1.82) is 0 Å². The van der Waals surface area contributed by atoms with Crippen LogP contribution in [0.4, 0.5) is 4.39 Å². The average molecular weight is 328 g/mol. The molecule has 0 aliphatic carbocycles. The molecule has 1 aromatic rings. The number of rotatable bonds is 3. The Morgan fingerprint density at radius 2 is 2.26 bits per heavy atom. The molecule has 3 rings (SSSR count). The number of hydrogen-bond donors (Lipinski definition) is 1. The molecule has 0 amide bonds. The zero-order chi connectivity index (χ0) is 16.4. The second-order valence-corrected chi connectivity index (χ2v) is 5.62. The Morgan fingerprint density at radius 3 is 3.04 bits per heavy atom. The van der Waals surface area contributed by atoms with Gasteiger partial charge in [0.2, 0.25) is 0 Å². The van der Waals surface area contributed by atoms with Crippen LogP contribution in [0.5, 0.6) is 0 Å². The van der Waals surface area contributed by atoms with E-state index < -0.39 is 5.82 Å². The molecule has 2 heterocycles. The standard InChI is InChI=1S/C18H15ClFN3/c1-3-4-5-13-6-7-14(17(19)18(13)20)16-11-21-10-15-12(2)22-8-9-23(15)16/h1,6-11,22H,4-5H2,2H3. The minimum absolute atomic E-state index is 0.0896. The van der Waals surface area contributed by atoms with E-state index in [-0.39, 0.29) is 5.02 Å². The summed E-state index contributed by atoms with van der Waals surface area (Å²) in [4.78, 5) is 6.18. The molecular weight excluding hydrogens is 313 g/mol. The molecule has 2 aliphatic rings. The maximum absolute atomic E-state index is 14.5. The van der Waals surface area contributed by atoms with E-state index in [0.717, 1.165) is 17.1 Å². The molecule has 5 heteroatoms. The highest BCUT2D eigenvalue weighted by atomic mass is 35.5. The van der Waals surface area contributed by atoms with E-state index in [2.05, 4.69) is 16.2 Å². The minimum atomic E-state index is -0.420. The number of allylic oxidation sites excluding steroid dienone is 2. The van der Waals surface area contributed by atoms with Crippen LogP contribution in [-0.4, -0.2) is 11.1 Å².